The van der Waals surface area contributed by atoms with Crippen LogP contribution in [-0.2, 0) is 32.7 Å². The van der Waals surface area contributed by atoms with Crippen molar-refractivity contribution in [2.75, 3.05) is 47.5 Å². The lowest BCUT2D eigenvalue weighted by Crippen LogP contribution is -2.37. The molecule has 2 atom stereocenters. The smallest absolute Gasteiger partial charge is 0.306 e. The molecule has 0 aliphatic rings. The molecule has 0 saturated heterocycles. The van der Waals surface area contributed by atoms with Crippen LogP contribution in [0.15, 0.2) is 48.6 Å². The number of hydrogen-bond acceptors (Lipinski definition) is 8. The fraction of sp³-hybridized carbons (Fsp3) is 0.861. The third kappa shape index (κ3) is 67.1. The average Bonchev–Trinajstić information content (AvgIpc) is 3.44. The van der Waals surface area contributed by atoms with Crippen molar-refractivity contribution in [1.29, 1.82) is 0 Å². The monoisotopic (exact) mass is 1170 g/mol. The molecule has 0 heterocycles. The second-order valence-corrected chi connectivity index (χ2v) is 26.7. The summed E-state index contributed by atoms with van der Waals surface area (Å²) >= 11 is 0. The number of rotatable bonds is 66. The van der Waals surface area contributed by atoms with Crippen LogP contribution in [0.2, 0.25) is 0 Å². The number of esters is 2. The van der Waals surface area contributed by atoms with Crippen molar-refractivity contribution < 1.29 is 42.1 Å². The highest BCUT2D eigenvalue weighted by Crippen LogP contribution is 2.38. The van der Waals surface area contributed by atoms with E-state index in [0.717, 1.165) is 44.9 Å². The molecule has 0 saturated carbocycles. The van der Waals surface area contributed by atoms with Gasteiger partial charge in [0.1, 0.15) is 19.8 Å². The van der Waals surface area contributed by atoms with Gasteiger partial charge in [-0.1, -0.05) is 306 Å². The molecule has 0 rings (SSSR count). The summed E-state index contributed by atoms with van der Waals surface area (Å²) in [6, 6.07) is 0. The third-order valence-corrected chi connectivity index (χ3v) is 16.8. The molecular formula is C72H136NO8P. The lowest BCUT2D eigenvalue weighted by Gasteiger charge is -2.28. The molecule has 482 valence electrons. The summed E-state index contributed by atoms with van der Waals surface area (Å²) in [6.45, 7) is 4.28. The Labute approximate surface area is 509 Å². The molecule has 9 nitrogen and oxygen atoms in total. The zero-order valence-electron chi connectivity index (χ0n) is 55.0. The molecule has 0 aliphatic heterocycles. The number of phosphoric acid groups is 1. The molecule has 0 aromatic carbocycles. The highest BCUT2D eigenvalue weighted by atomic mass is 31.2. The average molecular weight is 1170 g/mol. The maximum absolute atomic E-state index is 12.9. The van der Waals surface area contributed by atoms with E-state index in [9.17, 15) is 19.0 Å². The molecule has 0 amide bonds. The summed E-state index contributed by atoms with van der Waals surface area (Å²) in [5.74, 6) is -0.815. The fourth-order valence-corrected chi connectivity index (χ4v) is 11.1. The molecular weight excluding hydrogens is 1040 g/mol. The lowest BCUT2D eigenvalue weighted by molar-refractivity contribution is -0.870. The van der Waals surface area contributed by atoms with Crippen LogP contribution in [-0.4, -0.2) is 70.0 Å². The van der Waals surface area contributed by atoms with Crippen molar-refractivity contribution in [2.45, 2.75) is 354 Å². The normalized spacial score (nSPS) is 13.4. The summed E-state index contributed by atoms with van der Waals surface area (Å²) in [4.78, 5) is 38.1. The minimum atomic E-state index is -4.64. The quantitative estimate of drug-likeness (QED) is 0.0195. The van der Waals surface area contributed by atoms with E-state index in [1.54, 1.807) is 0 Å². The van der Waals surface area contributed by atoms with Gasteiger partial charge < -0.3 is 27.9 Å². The van der Waals surface area contributed by atoms with Crippen molar-refractivity contribution in [3.8, 4) is 0 Å². The second kappa shape index (κ2) is 63.5. The van der Waals surface area contributed by atoms with Gasteiger partial charge in [0.25, 0.3) is 7.82 Å². The van der Waals surface area contributed by atoms with Crippen molar-refractivity contribution in [2.24, 2.45) is 0 Å². The standard InChI is InChI=1S/C72H136NO8P/c1-6-8-10-12-14-16-18-20-22-24-26-28-30-32-34-36-38-40-42-44-46-48-50-52-54-56-58-60-62-64-71(74)78-68-70(69-80-82(76,77)79-67-66-73(3,4)5)81-72(75)65-63-61-59-57-55-53-51-49-47-45-43-41-39-37-35-33-31-29-27-25-23-21-19-17-15-13-11-9-7-2/h18-21,24-27,70H,6-17,22-23,28-69H2,1-5H3/b20-18-,21-19-,26-24-,27-25-. The van der Waals surface area contributed by atoms with E-state index in [0.29, 0.717) is 17.4 Å². The van der Waals surface area contributed by atoms with E-state index in [2.05, 4.69) is 62.5 Å². The Morgan fingerprint density at radius 2 is 0.659 bits per heavy atom. The van der Waals surface area contributed by atoms with Gasteiger partial charge in [0.15, 0.2) is 6.10 Å². The first-order valence-electron chi connectivity index (χ1n) is 35.3. The van der Waals surface area contributed by atoms with Gasteiger partial charge in [-0.25, -0.2) is 0 Å². The van der Waals surface area contributed by atoms with Crippen molar-refractivity contribution in [3.63, 3.8) is 0 Å². The Hall–Kier alpha value is -2.03. The fourth-order valence-electron chi connectivity index (χ4n) is 10.4. The number of likely N-dealkylation sites (N-methyl/N-ethyl adjacent to an activating group) is 1. The first-order valence-corrected chi connectivity index (χ1v) is 36.8. The predicted octanol–water partition coefficient (Wildman–Crippen LogP) is 22.2. The van der Waals surface area contributed by atoms with Crippen LogP contribution >= 0.6 is 7.82 Å². The van der Waals surface area contributed by atoms with Crippen LogP contribution in [0.1, 0.15) is 348 Å². The molecule has 0 aromatic heterocycles. The first-order chi connectivity index (χ1) is 40.0. The largest absolute Gasteiger partial charge is 0.756 e. The SMILES string of the molecule is CCCCCCC/C=C\C/C=C\CCCCCCCCCCCCCCCCCCCC(=O)OCC(COP(=O)([O-])OCC[N+](C)(C)C)OC(=O)CCCCCCCCCCCCCCCCCCC/C=C\C/C=C\CCCCCCC. The molecule has 2 unspecified atom stereocenters. The van der Waals surface area contributed by atoms with Crippen molar-refractivity contribution >= 4 is 19.8 Å². The number of unbranched alkanes of at least 4 members (excludes halogenated alkanes) is 44. The van der Waals surface area contributed by atoms with Gasteiger partial charge in [-0.3, -0.25) is 14.2 Å². The molecule has 0 bridgehead atoms. The Bertz CT molecular complexity index is 1520. The lowest BCUT2D eigenvalue weighted by atomic mass is 10.0. The van der Waals surface area contributed by atoms with E-state index in [-0.39, 0.29) is 32.0 Å². The Kier molecular flexibility index (Phi) is 61.9. The van der Waals surface area contributed by atoms with E-state index < -0.39 is 26.5 Å². The minimum absolute atomic E-state index is 0.0291. The third-order valence-electron chi connectivity index (χ3n) is 15.8. The van der Waals surface area contributed by atoms with E-state index in [1.807, 2.05) is 21.1 Å². The van der Waals surface area contributed by atoms with Gasteiger partial charge in [-0.2, -0.15) is 0 Å². The number of ether oxygens (including phenoxy) is 2. The Balaban J connectivity index is 4.01. The van der Waals surface area contributed by atoms with Gasteiger partial charge in [-0.15, -0.1) is 0 Å². The highest BCUT2D eigenvalue weighted by molar-refractivity contribution is 7.45. The highest BCUT2D eigenvalue weighted by Gasteiger charge is 2.22. The number of nitrogens with zero attached hydrogens (tertiary/aromatic N) is 1. The van der Waals surface area contributed by atoms with Crippen molar-refractivity contribution in [1.82, 2.24) is 0 Å². The molecule has 0 aromatic rings. The first kappa shape index (κ1) is 80.0. The molecule has 0 fully saturated rings. The van der Waals surface area contributed by atoms with Crippen LogP contribution in [0.5, 0.6) is 0 Å². The second-order valence-electron chi connectivity index (χ2n) is 25.2. The van der Waals surface area contributed by atoms with Crippen LogP contribution in [0.4, 0.5) is 0 Å². The Morgan fingerprint density at radius 1 is 0.378 bits per heavy atom. The van der Waals surface area contributed by atoms with Crippen LogP contribution < -0.4 is 4.89 Å². The van der Waals surface area contributed by atoms with Crippen molar-refractivity contribution in [3.05, 3.63) is 48.6 Å². The number of phosphoric ester groups is 1. The molecule has 0 N–H and O–H groups in total. The minimum Gasteiger partial charge on any atom is -0.756 e. The Morgan fingerprint density at radius 3 is 0.963 bits per heavy atom. The summed E-state index contributed by atoms with van der Waals surface area (Å²) < 4.78 is 34.3. The topological polar surface area (TPSA) is 111 Å². The van der Waals surface area contributed by atoms with Crippen LogP contribution in [0, 0.1) is 0 Å². The molecule has 10 heteroatoms. The van der Waals surface area contributed by atoms with Gasteiger partial charge in [0.05, 0.1) is 27.7 Å². The summed E-state index contributed by atoms with van der Waals surface area (Å²) in [5.41, 5.74) is 0. The zero-order valence-corrected chi connectivity index (χ0v) is 55.8. The molecule has 0 spiro atoms. The number of quaternary nitrogens is 1. The van der Waals surface area contributed by atoms with Gasteiger partial charge in [-0.05, 0) is 77.0 Å². The zero-order chi connectivity index (χ0) is 59.8. The van der Waals surface area contributed by atoms with E-state index >= 15 is 0 Å². The van der Waals surface area contributed by atoms with Crippen LogP contribution in [0.3, 0.4) is 0 Å². The maximum Gasteiger partial charge on any atom is 0.306 e. The maximum atomic E-state index is 12.9. The van der Waals surface area contributed by atoms with E-state index in [4.69, 9.17) is 18.5 Å². The van der Waals surface area contributed by atoms with E-state index in [1.165, 1.54) is 270 Å². The number of allylic oxidation sites excluding steroid dienone is 8. The summed E-state index contributed by atoms with van der Waals surface area (Å²) in [5, 5.41) is 0. The molecule has 0 radical (unpaired) electrons. The van der Waals surface area contributed by atoms with Crippen LogP contribution in [0.25, 0.3) is 0 Å². The van der Waals surface area contributed by atoms with Gasteiger partial charge in [0.2, 0.25) is 0 Å². The molecule has 0 aliphatic carbocycles. The van der Waals surface area contributed by atoms with Gasteiger partial charge >= 0.3 is 11.9 Å². The summed E-state index contributed by atoms with van der Waals surface area (Å²) in [7, 11) is 1.18. The number of carbonyl (C=O) groups excluding carboxylic acids is 2. The summed E-state index contributed by atoms with van der Waals surface area (Å²) in [6.07, 6.45) is 81.9. The number of hydrogen-bond donors (Lipinski definition) is 0. The van der Waals surface area contributed by atoms with Gasteiger partial charge in [0, 0.05) is 12.8 Å². The number of carbonyl (C=O) groups is 2. The molecule has 82 heavy (non-hydrogen) atoms. The predicted molar refractivity (Wildman–Crippen MR) is 351 cm³/mol.